The summed E-state index contributed by atoms with van der Waals surface area (Å²) < 4.78 is 11.0. The fourth-order valence-electron chi connectivity index (χ4n) is 3.34. The minimum Gasteiger partial charge on any atom is -0.486 e. The molecule has 152 valence electrons. The van der Waals surface area contributed by atoms with Crippen LogP contribution in [0.15, 0.2) is 30.3 Å². The van der Waals surface area contributed by atoms with Gasteiger partial charge in [-0.1, -0.05) is 17.4 Å². The summed E-state index contributed by atoms with van der Waals surface area (Å²) in [7, 11) is 0. The Bertz CT molecular complexity index is 951. The number of piperazine rings is 1. The minimum absolute atomic E-state index is 0.0134. The van der Waals surface area contributed by atoms with E-state index in [0.717, 1.165) is 16.9 Å². The number of hydrogen-bond donors (Lipinski definition) is 0. The molecule has 2 aromatic rings. The topological polar surface area (TPSA) is 102 Å². The highest BCUT2D eigenvalue weighted by Gasteiger charge is 2.27. The molecule has 4 rings (SSSR count). The zero-order valence-corrected chi connectivity index (χ0v) is 16.4. The molecule has 1 aromatic carbocycles. The van der Waals surface area contributed by atoms with Crippen LogP contribution in [0.4, 0.5) is 5.00 Å². The maximum Gasteiger partial charge on any atom is 0.324 e. The van der Waals surface area contributed by atoms with Gasteiger partial charge in [0.1, 0.15) is 13.2 Å². The number of thiophene rings is 1. The first kappa shape index (κ1) is 19.2. The smallest absolute Gasteiger partial charge is 0.324 e. The Hall–Kier alpha value is -3.14. The standard InChI is InChI=1S/C19H19N3O6S/c23-17(12-13-1-2-14-15(11-13)28-10-9-27-14)20-5-7-21(8-6-20)19(24)16-3-4-18(29-16)22(25)26/h1-4,11H,5-10,12H2. The van der Waals surface area contributed by atoms with Gasteiger partial charge in [-0.25, -0.2) is 0 Å². The molecule has 0 spiro atoms. The van der Waals surface area contributed by atoms with Gasteiger partial charge in [-0.15, -0.1) is 0 Å². The second kappa shape index (κ2) is 8.08. The van der Waals surface area contributed by atoms with Gasteiger partial charge in [-0.3, -0.25) is 19.7 Å². The van der Waals surface area contributed by atoms with Gasteiger partial charge >= 0.3 is 5.00 Å². The number of nitrogens with zero attached hydrogens (tertiary/aromatic N) is 3. The van der Waals surface area contributed by atoms with Crippen LogP contribution in [0, 0.1) is 10.1 Å². The van der Waals surface area contributed by atoms with Gasteiger partial charge in [0.15, 0.2) is 11.5 Å². The van der Waals surface area contributed by atoms with E-state index in [1.165, 1.54) is 12.1 Å². The molecule has 0 saturated carbocycles. The van der Waals surface area contributed by atoms with Crippen molar-refractivity contribution in [3.63, 3.8) is 0 Å². The van der Waals surface area contributed by atoms with Crippen LogP contribution in [0.5, 0.6) is 11.5 Å². The van der Waals surface area contributed by atoms with Crippen molar-refractivity contribution in [2.75, 3.05) is 39.4 Å². The summed E-state index contributed by atoms with van der Waals surface area (Å²) in [6.07, 6.45) is 0.252. The van der Waals surface area contributed by atoms with E-state index in [0.29, 0.717) is 55.8 Å². The lowest BCUT2D eigenvalue weighted by Crippen LogP contribution is -2.50. The maximum absolute atomic E-state index is 12.6. The van der Waals surface area contributed by atoms with Crippen LogP contribution in [0.1, 0.15) is 15.2 Å². The maximum atomic E-state index is 12.6. The zero-order chi connectivity index (χ0) is 20.4. The summed E-state index contributed by atoms with van der Waals surface area (Å²) in [5, 5.41) is 10.7. The number of ether oxygens (including phenoxy) is 2. The summed E-state index contributed by atoms with van der Waals surface area (Å²) in [4.78, 5) is 39.2. The lowest BCUT2D eigenvalue weighted by Gasteiger charge is -2.34. The first-order valence-corrected chi connectivity index (χ1v) is 10.0. The number of fused-ring (bicyclic) bond motifs is 1. The number of nitro groups is 1. The Morgan fingerprint density at radius 2 is 1.69 bits per heavy atom. The summed E-state index contributed by atoms with van der Waals surface area (Å²) in [5.74, 6) is 1.10. The van der Waals surface area contributed by atoms with Crippen LogP contribution in [0.3, 0.4) is 0 Å². The monoisotopic (exact) mass is 417 g/mol. The third-order valence-corrected chi connectivity index (χ3v) is 5.89. The van der Waals surface area contributed by atoms with E-state index in [4.69, 9.17) is 9.47 Å². The van der Waals surface area contributed by atoms with Crippen molar-refractivity contribution in [2.24, 2.45) is 0 Å². The molecule has 1 fully saturated rings. The highest BCUT2D eigenvalue weighted by atomic mass is 32.1. The lowest BCUT2D eigenvalue weighted by molar-refractivity contribution is -0.380. The van der Waals surface area contributed by atoms with Crippen LogP contribution in [-0.2, 0) is 11.2 Å². The van der Waals surface area contributed by atoms with Crippen LogP contribution in [0.2, 0.25) is 0 Å². The van der Waals surface area contributed by atoms with Crippen molar-refractivity contribution in [3.8, 4) is 11.5 Å². The molecule has 0 N–H and O–H groups in total. The number of carbonyl (C=O) groups is 2. The van der Waals surface area contributed by atoms with Crippen LogP contribution in [0.25, 0.3) is 0 Å². The molecule has 2 aliphatic heterocycles. The Balaban J connectivity index is 1.32. The predicted molar refractivity (Wildman–Crippen MR) is 105 cm³/mol. The van der Waals surface area contributed by atoms with Crippen molar-refractivity contribution < 1.29 is 24.0 Å². The van der Waals surface area contributed by atoms with E-state index in [1.54, 1.807) is 9.80 Å². The van der Waals surface area contributed by atoms with Gasteiger partial charge in [-0.05, 0) is 23.8 Å². The molecule has 10 heteroatoms. The molecule has 29 heavy (non-hydrogen) atoms. The van der Waals surface area contributed by atoms with Gasteiger partial charge in [-0.2, -0.15) is 0 Å². The second-order valence-electron chi connectivity index (χ2n) is 6.72. The fourth-order valence-corrected chi connectivity index (χ4v) is 4.13. The molecule has 0 aliphatic carbocycles. The first-order chi connectivity index (χ1) is 14.0. The van der Waals surface area contributed by atoms with Gasteiger partial charge in [0.2, 0.25) is 5.91 Å². The van der Waals surface area contributed by atoms with Gasteiger partial charge in [0.05, 0.1) is 16.2 Å². The molecule has 0 atom stereocenters. The number of benzene rings is 1. The van der Waals surface area contributed by atoms with E-state index in [1.807, 2.05) is 18.2 Å². The summed E-state index contributed by atoms with van der Waals surface area (Å²) in [5.41, 5.74) is 0.851. The van der Waals surface area contributed by atoms with Crippen LogP contribution < -0.4 is 9.47 Å². The quantitative estimate of drug-likeness (QED) is 0.557. The average molecular weight is 417 g/mol. The highest BCUT2D eigenvalue weighted by molar-refractivity contribution is 7.17. The van der Waals surface area contributed by atoms with E-state index in [2.05, 4.69) is 0 Å². The summed E-state index contributed by atoms with van der Waals surface area (Å²) in [6, 6.07) is 8.31. The average Bonchev–Trinajstić information content (AvgIpc) is 3.24. The number of rotatable bonds is 4. The molecule has 0 bridgehead atoms. The predicted octanol–water partition coefficient (Wildman–Crippen LogP) is 1.95. The Kier molecular flexibility index (Phi) is 5.34. The van der Waals surface area contributed by atoms with Crippen molar-refractivity contribution in [3.05, 3.63) is 50.9 Å². The minimum atomic E-state index is -0.504. The molecule has 3 heterocycles. The Morgan fingerprint density at radius 1 is 1.00 bits per heavy atom. The van der Waals surface area contributed by atoms with Gasteiger partial charge in [0.25, 0.3) is 5.91 Å². The van der Waals surface area contributed by atoms with Crippen LogP contribution in [-0.4, -0.2) is 65.9 Å². The van der Waals surface area contributed by atoms with Crippen molar-refractivity contribution in [1.29, 1.82) is 0 Å². The summed E-state index contributed by atoms with van der Waals surface area (Å²) >= 11 is 0.870. The summed E-state index contributed by atoms with van der Waals surface area (Å²) in [6.45, 7) is 2.68. The molecule has 2 aliphatic rings. The van der Waals surface area contributed by atoms with Gasteiger partial charge < -0.3 is 19.3 Å². The molecular formula is C19H19N3O6S. The van der Waals surface area contributed by atoms with Crippen molar-refractivity contribution in [2.45, 2.75) is 6.42 Å². The number of amides is 2. The molecule has 0 radical (unpaired) electrons. The molecule has 9 nitrogen and oxygen atoms in total. The lowest BCUT2D eigenvalue weighted by atomic mass is 10.1. The van der Waals surface area contributed by atoms with E-state index in [-0.39, 0.29) is 23.2 Å². The zero-order valence-electron chi connectivity index (χ0n) is 15.5. The van der Waals surface area contributed by atoms with Crippen molar-refractivity contribution >= 4 is 28.2 Å². The van der Waals surface area contributed by atoms with Crippen LogP contribution >= 0.6 is 11.3 Å². The van der Waals surface area contributed by atoms with E-state index >= 15 is 0 Å². The first-order valence-electron chi connectivity index (χ1n) is 9.21. The molecule has 1 aromatic heterocycles. The highest BCUT2D eigenvalue weighted by Crippen LogP contribution is 2.31. The largest absolute Gasteiger partial charge is 0.486 e. The third kappa shape index (κ3) is 4.16. The Labute approximate surface area is 170 Å². The number of carbonyl (C=O) groups excluding carboxylic acids is 2. The second-order valence-corrected chi connectivity index (χ2v) is 7.78. The van der Waals surface area contributed by atoms with Crippen molar-refractivity contribution in [1.82, 2.24) is 9.80 Å². The molecule has 1 saturated heterocycles. The molecule has 0 unspecified atom stereocenters. The normalized spacial score (nSPS) is 15.9. The Morgan fingerprint density at radius 3 is 2.38 bits per heavy atom. The number of hydrogen-bond acceptors (Lipinski definition) is 7. The van der Waals surface area contributed by atoms with E-state index in [9.17, 15) is 19.7 Å². The fraction of sp³-hybridized carbons (Fsp3) is 0.368. The SMILES string of the molecule is O=C(Cc1ccc2c(c1)OCCO2)N1CCN(C(=O)c2ccc([N+](=O)[O-])s2)CC1. The third-order valence-electron chi connectivity index (χ3n) is 4.86. The van der Waals surface area contributed by atoms with Gasteiger partial charge in [0, 0.05) is 32.2 Å². The molecular weight excluding hydrogens is 398 g/mol. The molecule has 2 amide bonds. The van der Waals surface area contributed by atoms with E-state index < -0.39 is 4.92 Å².